The molecule has 0 radical (unpaired) electrons. The van der Waals surface area contributed by atoms with Gasteiger partial charge in [0.2, 0.25) is 10.0 Å². The predicted molar refractivity (Wildman–Crippen MR) is 108 cm³/mol. The molecular formula is C20H20N2O7S. The number of benzene rings is 2. The van der Waals surface area contributed by atoms with Crippen molar-refractivity contribution in [2.45, 2.75) is 17.9 Å². The van der Waals surface area contributed by atoms with Crippen molar-refractivity contribution in [1.29, 1.82) is 0 Å². The molecule has 2 aromatic carbocycles. The highest BCUT2D eigenvalue weighted by Gasteiger charge is 2.44. The molecule has 0 saturated heterocycles. The van der Waals surface area contributed by atoms with Crippen LogP contribution in [0, 0.1) is 0 Å². The van der Waals surface area contributed by atoms with E-state index in [0.29, 0.717) is 17.1 Å². The number of carbonyl (C=O) groups is 2. The minimum atomic E-state index is -3.93. The monoisotopic (exact) mass is 432 g/mol. The van der Waals surface area contributed by atoms with Crippen LogP contribution in [0.5, 0.6) is 11.5 Å². The molecule has 1 aliphatic rings. The van der Waals surface area contributed by atoms with Crippen LogP contribution in [-0.2, 0) is 19.6 Å². The molecular weight excluding hydrogens is 412 g/mol. The van der Waals surface area contributed by atoms with Gasteiger partial charge >= 0.3 is 0 Å². The van der Waals surface area contributed by atoms with Gasteiger partial charge in [-0.2, -0.15) is 0 Å². The average molecular weight is 432 g/mol. The van der Waals surface area contributed by atoms with Crippen LogP contribution >= 0.6 is 0 Å². The molecule has 3 N–H and O–H groups in total. The van der Waals surface area contributed by atoms with E-state index in [1.165, 1.54) is 50.3 Å². The molecule has 1 atom stereocenters. The van der Waals surface area contributed by atoms with Crippen molar-refractivity contribution in [3.63, 3.8) is 0 Å². The molecule has 0 saturated carbocycles. The van der Waals surface area contributed by atoms with Crippen LogP contribution < -0.4 is 19.5 Å². The second-order valence-electron chi connectivity index (χ2n) is 6.54. The first-order valence-electron chi connectivity index (χ1n) is 8.72. The van der Waals surface area contributed by atoms with Crippen LogP contribution in [0.4, 0.5) is 5.69 Å². The van der Waals surface area contributed by atoms with E-state index in [0.717, 1.165) is 0 Å². The SMILES string of the molecule is COc1ccc([C@@H]2C(C(C)=O)=C(O)C(=O)N2c2ccc(S(N)(=O)=O)cc2)c(OC)c1. The molecule has 30 heavy (non-hydrogen) atoms. The average Bonchev–Trinajstić information content (AvgIpc) is 2.97. The van der Waals surface area contributed by atoms with Crippen LogP contribution in [0.1, 0.15) is 18.5 Å². The van der Waals surface area contributed by atoms with Crippen molar-refractivity contribution < 1.29 is 32.6 Å². The molecule has 3 rings (SSSR count). The molecule has 0 bridgehead atoms. The molecule has 0 aromatic heterocycles. The number of nitrogens with zero attached hydrogens (tertiary/aromatic N) is 1. The van der Waals surface area contributed by atoms with E-state index >= 15 is 0 Å². The molecule has 0 aliphatic carbocycles. The Kier molecular flexibility index (Phi) is 5.55. The lowest BCUT2D eigenvalue weighted by molar-refractivity contribution is -0.117. The van der Waals surface area contributed by atoms with Crippen molar-refractivity contribution in [3.05, 3.63) is 59.4 Å². The van der Waals surface area contributed by atoms with E-state index in [1.807, 2.05) is 0 Å². The Morgan fingerprint density at radius 3 is 2.23 bits per heavy atom. The lowest BCUT2D eigenvalue weighted by atomic mass is 9.95. The number of aliphatic hydroxyl groups excluding tert-OH is 1. The number of anilines is 1. The van der Waals surface area contributed by atoms with Crippen molar-refractivity contribution in [2.24, 2.45) is 5.14 Å². The van der Waals surface area contributed by atoms with Gasteiger partial charge in [0.1, 0.15) is 11.5 Å². The van der Waals surface area contributed by atoms with Gasteiger partial charge in [0, 0.05) is 17.3 Å². The summed E-state index contributed by atoms with van der Waals surface area (Å²) in [4.78, 5) is 26.2. The fourth-order valence-corrected chi connectivity index (χ4v) is 3.88. The lowest BCUT2D eigenvalue weighted by Gasteiger charge is -2.28. The van der Waals surface area contributed by atoms with Gasteiger partial charge in [0.15, 0.2) is 11.5 Å². The Bertz CT molecular complexity index is 1150. The summed E-state index contributed by atoms with van der Waals surface area (Å²) in [5, 5.41) is 15.6. The van der Waals surface area contributed by atoms with Gasteiger partial charge in [-0.25, -0.2) is 13.6 Å². The molecule has 0 fully saturated rings. The first kappa shape index (κ1) is 21.3. The fourth-order valence-electron chi connectivity index (χ4n) is 3.37. The van der Waals surface area contributed by atoms with Gasteiger partial charge in [-0.15, -0.1) is 0 Å². The Hall–Kier alpha value is -3.37. The number of nitrogens with two attached hydrogens (primary N) is 1. The fraction of sp³-hybridized carbons (Fsp3) is 0.200. The second-order valence-corrected chi connectivity index (χ2v) is 8.10. The zero-order valence-electron chi connectivity index (χ0n) is 16.4. The van der Waals surface area contributed by atoms with E-state index in [1.54, 1.807) is 18.2 Å². The molecule has 1 amide bonds. The highest BCUT2D eigenvalue weighted by molar-refractivity contribution is 7.89. The number of rotatable bonds is 6. The minimum Gasteiger partial charge on any atom is -0.503 e. The number of Topliss-reactive ketones (excluding diaryl/α,β-unsaturated/α-hetero) is 1. The maximum absolute atomic E-state index is 12.9. The molecule has 9 nitrogen and oxygen atoms in total. The van der Waals surface area contributed by atoms with E-state index in [-0.39, 0.29) is 16.2 Å². The van der Waals surface area contributed by atoms with E-state index in [9.17, 15) is 23.1 Å². The molecule has 1 aliphatic heterocycles. The predicted octanol–water partition coefficient (Wildman–Crippen LogP) is 1.84. The normalized spacial score (nSPS) is 16.7. The maximum atomic E-state index is 12.9. The Morgan fingerprint density at radius 2 is 1.73 bits per heavy atom. The quantitative estimate of drug-likeness (QED) is 0.711. The standard InChI is InChI=1S/C20H20N2O7S/c1-11(23)17-18(15-9-6-13(28-2)10-16(15)29-3)22(20(25)19(17)24)12-4-7-14(8-5-12)30(21,26)27/h4-10,18,24H,1-3H3,(H2,21,26,27)/t18-/m1/s1. The molecule has 0 unspecified atom stereocenters. The largest absolute Gasteiger partial charge is 0.503 e. The first-order valence-corrected chi connectivity index (χ1v) is 10.3. The van der Waals surface area contributed by atoms with Crippen molar-refractivity contribution in [3.8, 4) is 11.5 Å². The topological polar surface area (TPSA) is 136 Å². The summed E-state index contributed by atoms with van der Waals surface area (Å²) in [6, 6.07) is 9.09. The summed E-state index contributed by atoms with van der Waals surface area (Å²) < 4.78 is 33.7. The van der Waals surface area contributed by atoms with Crippen LogP contribution in [0.25, 0.3) is 0 Å². The van der Waals surface area contributed by atoms with Gasteiger partial charge in [-0.1, -0.05) is 0 Å². The third kappa shape index (κ3) is 3.62. The number of aliphatic hydroxyl groups is 1. The van der Waals surface area contributed by atoms with Crippen LogP contribution in [-0.4, -0.2) is 39.4 Å². The van der Waals surface area contributed by atoms with Gasteiger partial charge in [0.05, 0.1) is 30.7 Å². The first-order chi connectivity index (χ1) is 14.1. The summed E-state index contributed by atoms with van der Waals surface area (Å²) in [5.74, 6) is -1.13. The van der Waals surface area contributed by atoms with Crippen molar-refractivity contribution in [1.82, 2.24) is 0 Å². The number of amides is 1. The number of hydrogen-bond acceptors (Lipinski definition) is 7. The number of sulfonamides is 1. The smallest absolute Gasteiger partial charge is 0.294 e. The zero-order chi connectivity index (χ0) is 22.2. The highest BCUT2D eigenvalue weighted by atomic mass is 32.2. The summed E-state index contributed by atoms with van der Waals surface area (Å²) in [6.07, 6.45) is 0. The van der Waals surface area contributed by atoms with Crippen molar-refractivity contribution in [2.75, 3.05) is 19.1 Å². The van der Waals surface area contributed by atoms with Gasteiger partial charge in [-0.05, 0) is 43.3 Å². The molecule has 2 aromatic rings. The molecule has 0 spiro atoms. The molecule has 158 valence electrons. The number of ketones is 1. The van der Waals surface area contributed by atoms with Crippen LogP contribution in [0.15, 0.2) is 58.7 Å². The number of ether oxygens (including phenoxy) is 2. The minimum absolute atomic E-state index is 0.0982. The van der Waals surface area contributed by atoms with E-state index < -0.39 is 33.5 Å². The van der Waals surface area contributed by atoms with Gasteiger partial charge in [0.25, 0.3) is 5.91 Å². The number of methoxy groups -OCH3 is 2. The van der Waals surface area contributed by atoms with Gasteiger partial charge < -0.3 is 14.6 Å². The number of hydrogen-bond donors (Lipinski definition) is 2. The van der Waals surface area contributed by atoms with E-state index in [4.69, 9.17) is 14.6 Å². The Morgan fingerprint density at radius 1 is 1.10 bits per heavy atom. The lowest BCUT2D eigenvalue weighted by Crippen LogP contribution is -2.31. The van der Waals surface area contributed by atoms with Crippen LogP contribution in [0.3, 0.4) is 0 Å². The second kappa shape index (κ2) is 7.81. The Balaban J connectivity index is 2.20. The summed E-state index contributed by atoms with van der Waals surface area (Å²) >= 11 is 0. The number of primary sulfonamides is 1. The third-order valence-corrected chi connectivity index (χ3v) is 5.70. The summed E-state index contributed by atoms with van der Waals surface area (Å²) in [7, 11) is -1.01. The molecule has 10 heteroatoms. The third-order valence-electron chi connectivity index (χ3n) is 4.77. The maximum Gasteiger partial charge on any atom is 0.294 e. The van der Waals surface area contributed by atoms with Gasteiger partial charge in [-0.3, -0.25) is 14.5 Å². The Labute approximate surface area is 173 Å². The zero-order valence-corrected chi connectivity index (χ0v) is 17.3. The number of carbonyl (C=O) groups excluding carboxylic acids is 2. The van der Waals surface area contributed by atoms with Crippen molar-refractivity contribution >= 4 is 27.4 Å². The highest BCUT2D eigenvalue weighted by Crippen LogP contribution is 2.44. The van der Waals surface area contributed by atoms with E-state index in [2.05, 4.69) is 0 Å². The summed E-state index contributed by atoms with van der Waals surface area (Å²) in [6.45, 7) is 1.25. The van der Waals surface area contributed by atoms with Crippen LogP contribution in [0.2, 0.25) is 0 Å². The summed E-state index contributed by atoms with van der Waals surface area (Å²) in [5.41, 5.74) is 0.605. The molecule has 1 heterocycles.